The van der Waals surface area contributed by atoms with Crippen molar-refractivity contribution >= 4 is 11.3 Å². The number of ether oxygens (including phenoxy) is 1. The molecule has 78 valence electrons. The molecule has 1 aromatic heterocycles. The van der Waals surface area contributed by atoms with Crippen LogP contribution in [0.5, 0.6) is 0 Å². The zero-order chi connectivity index (χ0) is 9.97. The molecule has 0 spiro atoms. The maximum absolute atomic E-state index is 5.79. The third-order valence-electron chi connectivity index (χ3n) is 2.73. The van der Waals surface area contributed by atoms with E-state index in [9.17, 15) is 0 Å². The van der Waals surface area contributed by atoms with Crippen LogP contribution in [0.2, 0.25) is 0 Å². The fourth-order valence-electron chi connectivity index (χ4n) is 2.03. The molecule has 1 aliphatic heterocycles. The number of thiophene rings is 1. The van der Waals surface area contributed by atoms with Crippen LogP contribution in [0.3, 0.4) is 0 Å². The summed E-state index contributed by atoms with van der Waals surface area (Å²) in [5.41, 5.74) is 2.95. The number of nitrogens with one attached hydrogen (secondary N) is 1. The molecule has 0 bridgehead atoms. The molecule has 3 heteroatoms. The standard InChI is InChI=1S/C11H17NOS/c1-3-8-7-14-10-4-5-13-9(6-12-2)11(8)10/h7,9,12H,3-6H2,1-2H3/t9-/m1/s1. The summed E-state index contributed by atoms with van der Waals surface area (Å²) >= 11 is 1.90. The molecule has 0 fully saturated rings. The molecule has 0 radical (unpaired) electrons. The van der Waals surface area contributed by atoms with E-state index in [2.05, 4.69) is 17.6 Å². The predicted molar refractivity (Wildman–Crippen MR) is 60.0 cm³/mol. The maximum Gasteiger partial charge on any atom is 0.0962 e. The molecule has 1 aliphatic rings. The first-order valence-electron chi connectivity index (χ1n) is 5.22. The number of rotatable bonds is 3. The maximum atomic E-state index is 5.79. The van der Waals surface area contributed by atoms with E-state index in [0.29, 0.717) is 0 Å². The molecule has 2 nitrogen and oxygen atoms in total. The second kappa shape index (κ2) is 4.43. The van der Waals surface area contributed by atoms with E-state index >= 15 is 0 Å². The molecule has 0 aromatic carbocycles. The van der Waals surface area contributed by atoms with Crippen LogP contribution < -0.4 is 5.32 Å². The number of aryl methyl sites for hydroxylation is 1. The van der Waals surface area contributed by atoms with Gasteiger partial charge in [-0.05, 0) is 30.0 Å². The minimum Gasteiger partial charge on any atom is -0.372 e. The zero-order valence-corrected chi connectivity index (χ0v) is 9.62. The molecule has 0 saturated heterocycles. The number of likely N-dealkylation sites (N-methyl/N-ethyl adjacent to an activating group) is 1. The van der Waals surface area contributed by atoms with Gasteiger partial charge in [0.15, 0.2) is 0 Å². The molecular weight excluding hydrogens is 194 g/mol. The van der Waals surface area contributed by atoms with Gasteiger partial charge in [0.2, 0.25) is 0 Å². The summed E-state index contributed by atoms with van der Waals surface area (Å²) in [6.45, 7) is 4.02. The fourth-order valence-corrected chi connectivity index (χ4v) is 3.19. The van der Waals surface area contributed by atoms with Gasteiger partial charge in [0.1, 0.15) is 0 Å². The van der Waals surface area contributed by atoms with E-state index in [0.717, 1.165) is 26.0 Å². The minimum absolute atomic E-state index is 0.282. The summed E-state index contributed by atoms with van der Waals surface area (Å²) in [4.78, 5) is 1.54. The largest absolute Gasteiger partial charge is 0.372 e. The number of hydrogen-bond donors (Lipinski definition) is 1. The normalized spacial score (nSPS) is 20.9. The smallest absolute Gasteiger partial charge is 0.0962 e. The molecular formula is C11H17NOS. The quantitative estimate of drug-likeness (QED) is 0.827. The van der Waals surface area contributed by atoms with Crippen LogP contribution in [0.4, 0.5) is 0 Å². The lowest BCUT2D eigenvalue weighted by Crippen LogP contribution is -2.25. The Balaban J connectivity index is 2.30. The Morgan fingerprint density at radius 2 is 2.50 bits per heavy atom. The molecule has 0 unspecified atom stereocenters. The Morgan fingerprint density at radius 3 is 3.21 bits per heavy atom. The van der Waals surface area contributed by atoms with Gasteiger partial charge in [-0.3, -0.25) is 0 Å². The van der Waals surface area contributed by atoms with Gasteiger partial charge in [0, 0.05) is 17.8 Å². The van der Waals surface area contributed by atoms with Gasteiger partial charge in [-0.2, -0.15) is 0 Å². The van der Waals surface area contributed by atoms with Gasteiger partial charge in [-0.15, -0.1) is 11.3 Å². The van der Waals surface area contributed by atoms with Gasteiger partial charge < -0.3 is 10.1 Å². The van der Waals surface area contributed by atoms with Crippen molar-refractivity contribution in [2.75, 3.05) is 20.2 Å². The Bertz CT molecular complexity index is 295. The SMILES string of the molecule is CCc1csc2c1[C@@H](CNC)OCC2. The monoisotopic (exact) mass is 211 g/mol. The first kappa shape index (κ1) is 10.1. The fraction of sp³-hybridized carbons (Fsp3) is 0.636. The highest BCUT2D eigenvalue weighted by Gasteiger charge is 2.24. The topological polar surface area (TPSA) is 21.3 Å². The third-order valence-corrected chi connectivity index (χ3v) is 3.84. The van der Waals surface area contributed by atoms with Crippen LogP contribution in [-0.2, 0) is 17.6 Å². The zero-order valence-electron chi connectivity index (χ0n) is 8.80. The van der Waals surface area contributed by atoms with Gasteiger partial charge in [-0.1, -0.05) is 6.92 Å². The highest BCUT2D eigenvalue weighted by molar-refractivity contribution is 7.10. The van der Waals surface area contributed by atoms with Crippen molar-refractivity contribution in [2.24, 2.45) is 0 Å². The van der Waals surface area contributed by atoms with Crippen molar-refractivity contribution in [1.29, 1.82) is 0 Å². The Kier molecular flexibility index (Phi) is 3.21. The summed E-state index contributed by atoms with van der Waals surface area (Å²) in [6.07, 6.45) is 2.50. The number of fused-ring (bicyclic) bond motifs is 1. The molecule has 0 saturated carbocycles. The van der Waals surface area contributed by atoms with Crippen LogP contribution in [0.25, 0.3) is 0 Å². The van der Waals surface area contributed by atoms with E-state index in [1.807, 2.05) is 18.4 Å². The Morgan fingerprint density at radius 1 is 1.64 bits per heavy atom. The highest BCUT2D eigenvalue weighted by Crippen LogP contribution is 2.34. The first-order valence-corrected chi connectivity index (χ1v) is 6.10. The molecule has 1 atom stereocenters. The average Bonchev–Trinajstić information content (AvgIpc) is 2.62. The molecule has 1 aromatic rings. The van der Waals surface area contributed by atoms with Crippen molar-refractivity contribution in [1.82, 2.24) is 5.32 Å². The molecule has 2 heterocycles. The van der Waals surface area contributed by atoms with Crippen LogP contribution in [0.15, 0.2) is 5.38 Å². The van der Waals surface area contributed by atoms with Gasteiger partial charge >= 0.3 is 0 Å². The van der Waals surface area contributed by atoms with E-state index in [1.165, 1.54) is 16.0 Å². The van der Waals surface area contributed by atoms with Crippen LogP contribution in [0, 0.1) is 0 Å². The summed E-state index contributed by atoms with van der Waals surface area (Å²) in [5, 5.41) is 5.49. The summed E-state index contributed by atoms with van der Waals surface area (Å²) < 4.78 is 5.79. The van der Waals surface area contributed by atoms with Crippen LogP contribution in [0.1, 0.15) is 29.0 Å². The van der Waals surface area contributed by atoms with Crippen LogP contribution in [-0.4, -0.2) is 20.2 Å². The van der Waals surface area contributed by atoms with Crippen LogP contribution >= 0.6 is 11.3 Å². The number of hydrogen-bond acceptors (Lipinski definition) is 3. The first-order chi connectivity index (χ1) is 6.86. The van der Waals surface area contributed by atoms with Gasteiger partial charge in [0.05, 0.1) is 12.7 Å². The van der Waals surface area contributed by atoms with Crippen molar-refractivity contribution in [3.63, 3.8) is 0 Å². The lowest BCUT2D eigenvalue weighted by molar-refractivity contribution is 0.0445. The Hall–Kier alpha value is -0.380. The van der Waals surface area contributed by atoms with E-state index in [1.54, 1.807) is 0 Å². The second-order valence-electron chi connectivity index (χ2n) is 3.62. The van der Waals surface area contributed by atoms with Crippen molar-refractivity contribution in [2.45, 2.75) is 25.9 Å². The van der Waals surface area contributed by atoms with E-state index in [-0.39, 0.29) is 6.10 Å². The molecule has 2 rings (SSSR count). The molecule has 0 aliphatic carbocycles. The molecule has 14 heavy (non-hydrogen) atoms. The van der Waals surface area contributed by atoms with Gasteiger partial charge in [-0.25, -0.2) is 0 Å². The lowest BCUT2D eigenvalue weighted by Gasteiger charge is -2.24. The van der Waals surface area contributed by atoms with E-state index < -0.39 is 0 Å². The summed E-state index contributed by atoms with van der Waals surface area (Å²) in [7, 11) is 1.98. The predicted octanol–water partition coefficient (Wildman–Crippen LogP) is 2.14. The van der Waals surface area contributed by atoms with Crippen molar-refractivity contribution in [3.8, 4) is 0 Å². The molecule has 0 amide bonds. The Labute approximate surface area is 89.3 Å². The molecule has 1 N–H and O–H groups in total. The summed E-state index contributed by atoms with van der Waals surface area (Å²) in [5.74, 6) is 0. The van der Waals surface area contributed by atoms with Gasteiger partial charge in [0.25, 0.3) is 0 Å². The highest BCUT2D eigenvalue weighted by atomic mass is 32.1. The summed E-state index contributed by atoms with van der Waals surface area (Å²) in [6, 6.07) is 0. The van der Waals surface area contributed by atoms with E-state index in [4.69, 9.17) is 4.74 Å². The van der Waals surface area contributed by atoms with Crippen molar-refractivity contribution in [3.05, 3.63) is 21.4 Å². The minimum atomic E-state index is 0.282. The lowest BCUT2D eigenvalue weighted by atomic mass is 10.00. The second-order valence-corrected chi connectivity index (χ2v) is 4.58. The average molecular weight is 211 g/mol. The third kappa shape index (κ3) is 1.72. The van der Waals surface area contributed by atoms with Crippen molar-refractivity contribution < 1.29 is 4.74 Å².